The Balaban J connectivity index is 1.85. The van der Waals surface area contributed by atoms with Crippen LogP contribution in [0.4, 0.5) is 5.69 Å². The lowest BCUT2D eigenvalue weighted by molar-refractivity contribution is 0.102. The Morgan fingerprint density at radius 3 is 2.68 bits per heavy atom. The number of nitrogens with one attached hydrogen (secondary N) is 1. The summed E-state index contributed by atoms with van der Waals surface area (Å²) in [6.07, 6.45) is 1.86. The van der Waals surface area contributed by atoms with Crippen molar-refractivity contribution in [3.05, 3.63) is 58.0 Å². The van der Waals surface area contributed by atoms with Gasteiger partial charge in [-0.1, -0.05) is 22.8 Å². The van der Waals surface area contributed by atoms with Crippen LogP contribution in [0.5, 0.6) is 0 Å². The highest BCUT2D eigenvalue weighted by Crippen LogP contribution is 2.29. The second-order valence-electron chi connectivity index (χ2n) is 6.72. The summed E-state index contributed by atoms with van der Waals surface area (Å²) in [5, 5.41) is 12.4. The van der Waals surface area contributed by atoms with Crippen molar-refractivity contribution in [3.8, 4) is 11.3 Å². The minimum Gasteiger partial charge on any atom is -0.335 e. The summed E-state index contributed by atoms with van der Waals surface area (Å²) in [6, 6.07) is 7.10. The van der Waals surface area contributed by atoms with Gasteiger partial charge in [0, 0.05) is 29.5 Å². The highest BCUT2D eigenvalue weighted by molar-refractivity contribution is 6.31. The van der Waals surface area contributed by atoms with E-state index in [-0.39, 0.29) is 5.91 Å². The van der Waals surface area contributed by atoms with Crippen molar-refractivity contribution in [1.82, 2.24) is 19.9 Å². The third kappa shape index (κ3) is 3.14. The van der Waals surface area contributed by atoms with Crippen LogP contribution in [0.3, 0.4) is 0 Å². The van der Waals surface area contributed by atoms with Crippen LogP contribution in [-0.4, -0.2) is 25.8 Å². The largest absolute Gasteiger partial charge is 0.335 e. The lowest BCUT2D eigenvalue weighted by Crippen LogP contribution is -2.14. The van der Waals surface area contributed by atoms with Gasteiger partial charge in [0.2, 0.25) is 0 Å². The van der Waals surface area contributed by atoms with Gasteiger partial charge < -0.3 is 9.84 Å². The summed E-state index contributed by atoms with van der Waals surface area (Å²) >= 11 is 6.08. The fourth-order valence-corrected chi connectivity index (χ4v) is 3.35. The van der Waals surface area contributed by atoms with E-state index in [1.54, 1.807) is 29.8 Å². The maximum absolute atomic E-state index is 13.1. The zero-order chi connectivity index (χ0) is 20.0. The van der Waals surface area contributed by atoms with Crippen LogP contribution >= 0.6 is 11.6 Å². The molecule has 4 rings (SSSR count). The molecule has 28 heavy (non-hydrogen) atoms. The topological polar surface area (TPSA) is 85.8 Å². The summed E-state index contributed by atoms with van der Waals surface area (Å²) in [6.45, 7) is 5.58. The summed E-state index contributed by atoms with van der Waals surface area (Å²) in [5.41, 5.74) is 5.14. The molecule has 3 heterocycles. The van der Waals surface area contributed by atoms with Gasteiger partial charge in [0.15, 0.2) is 0 Å². The summed E-state index contributed by atoms with van der Waals surface area (Å²) < 4.78 is 7.06. The number of rotatable bonds is 3. The van der Waals surface area contributed by atoms with Crippen molar-refractivity contribution in [2.75, 3.05) is 5.32 Å². The number of halogens is 1. The molecule has 0 aliphatic rings. The van der Waals surface area contributed by atoms with E-state index < -0.39 is 0 Å². The van der Waals surface area contributed by atoms with E-state index in [1.165, 1.54) is 0 Å². The fraction of sp³-hybridized carbons (Fsp3) is 0.200. The Labute approximate surface area is 166 Å². The number of amides is 1. The molecule has 0 fully saturated rings. The number of aryl methyl sites for hydroxylation is 4. The minimum atomic E-state index is -0.285. The molecule has 0 bridgehead atoms. The number of benzene rings is 1. The first kappa shape index (κ1) is 18.2. The molecule has 7 nitrogen and oxygen atoms in total. The van der Waals surface area contributed by atoms with Crippen molar-refractivity contribution in [3.63, 3.8) is 0 Å². The van der Waals surface area contributed by atoms with Gasteiger partial charge in [0.25, 0.3) is 11.6 Å². The van der Waals surface area contributed by atoms with Crippen molar-refractivity contribution in [2.45, 2.75) is 20.8 Å². The Hall–Kier alpha value is -3.19. The van der Waals surface area contributed by atoms with E-state index in [4.69, 9.17) is 16.1 Å². The third-order valence-electron chi connectivity index (χ3n) is 4.60. The Morgan fingerprint density at radius 2 is 1.96 bits per heavy atom. The van der Waals surface area contributed by atoms with E-state index in [9.17, 15) is 4.79 Å². The molecule has 0 radical (unpaired) electrons. The minimum absolute atomic E-state index is 0.285. The monoisotopic (exact) mass is 395 g/mol. The SMILES string of the molecule is Cc1ccc(Cl)cc1NC(=O)c1cc(-c2cn(C)nc2C)nc2onc(C)c12. The maximum atomic E-state index is 13.1. The smallest absolute Gasteiger partial charge is 0.259 e. The normalized spacial score (nSPS) is 11.2. The summed E-state index contributed by atoms with van der Waals surface area (Å²) in [7, 11) is 1.84. The lowest BCUT2D eigenvalue weighted by atomic mass is 10.1. The number of anilines is 1. The molecule has 0 saturated heterocycles. The number of nitrogens with zero attached hydrogens (tertiary/aromatic N) is 4. The van der Waals surface area contributed by atoms with Crippen molar-refractivity contribution in [2.24, 2.45) is 7.05 Å². The molecular weight excluding hydrogens is 378 g/mol. The van der Waals surface area contributed by atoms with Gasteiger partial charge >= 0.3 is 0 Å². The number of hydrogen-bond donors (Lipinski definition) is 1. The predicted molar refractivity (Wildman–Crippen MR) is 108 cm³/mol. The first-order valence-corrected chi connectivity index (χ1v) is 9.06. The molecule has 8 heteroatoms. The van der Waals surface area contributed by atoms with E-state index in [2.05, 4.69) is 20.6 Å². The van der Waals surface area contributed by atoms with Gasteiger partial charge in [0.1, 0.15) is 0 Å². The Bertz CT molecular complexity index is 1230. The third-order valence-corrected chi connectivity index (χ3v) is 4.83. The standard InChI is InChI=1S/C20H18ClN5O2/c1-10-5-6-13(21)7-16(10)22-19(27)14-8-17(15-9-26(4)24-11(15)2)23-20-18(14)12(3)25-28-20/h5-9H,1-4H3,(H,22,27). The zero-order valence-electron chi connectivity index (χ0n) is 15.9. The number of fused-ring (bicyclic) bond motifs is 1. The fourth-order valence-electron chi connectivity index (χ4n) is 3.18. The molecule has 0 spiro atoms. The average Bonchev–Trinajstić information content (AvgIpc) is 3.19. The zero-order valence-corrected chi connectivity index (χ0v) is 16.6. The van der Waals surface area contributed by atoms with Gasteiger partial charge in [-0.2, -0.15) is 5.10 Å². The Morgan fingerprint density at radius 1 is 1.18 bits per heavy atom. The molecular formula is C20H18ClN5O2. The first-order valence-electron chi connectivity index (χ1n) is 8.68. The summed E-state index contributed by atoms with van der Waals surface area (Å²) in [4.78, 5) is 17.7. The second kappa shape index (κ2) is 6.76. The molecule has 3 aromatic heterocycles. The van der Waals surface area contributed by atoms with Crippen LogP contribution in [0.25, 0.3) is 22.4 Å². The Kier molecular flexibility index (Phi) is 4.39. The highest BCUT2D eigenvalue weighted by Gasteiger charge is 2.21. The molecule has 0 aliphatic heterocycles. The van der Waals surface area contributed by atoms with Crippen LogP contribution in [0.1, 0.15) is 27.3 Å². The molecule has 1 aromatic carbocycles. The van der Waals surface area contributed by atoms with E-state index in [1.807, 2.05) is 33.2 Å². The molecule has 1 N–H and O–H groups in total. The quantitative estimate of drug-likeness (QED) is 0.553. The number of carbonyl (C=O) groups excluding carboxylic acids is 1. The van der Waals surface area contributed by atoms with Crippen molar-refractivity contribution >= 4 is 34.3 Å². The van der Waals surface area contributed by atoms with Crippen LogP contribution in [0.15, 0.2) is 35.0 Å². The highest BCUT2D eigenvalue weighted by atomic mass is 35.5. The van der Waals surface area contributed by atoms with E-state index in [0.29, 0.717) is 38.8 Å². The molecule has 142 valence electrons. The number of aromatic nitrogens is 4. The summed E-state index contributed by atoms with van der Waals surface area (Å²) in [5.74, 6) is -0.285. The predicted octanol–water partition coefficient (Wildman–Crippen LogP) is 4.45. The van der Waals surface area contributed by atoms with Gasteiger partial charge in [-0.25, -0.2) is 4.98 Å². The van der Waals surface area contributed by atoms with Crippen LogP contribution in [0.2, 0.25) is 5.02 Å². The molecule has 0 saturated carbocycles. The van der Waals surface area contributed by atoms with Crippen molar-refractivity contribution in [1.29, 1.82) is 0 Å². The van der Waals surface area contributed by atoms with Crippen molar-refractivity contribution < 1.29 is 9.32 Å². The van der Waals surface area contributed by atoms with Gasteiger partial charge in [-0.05, 0) is 44.5 Å². The molecule has 4 aromatic rings. The van der Waals surface area contributed by atoms with Crippen LogP contribution in [0, 0.1) is 20.8 Å². The van der Waals surface area contributed by atoms with E-state index in [0.717, 1.165) is 16.8 Å². The molecule has 0 aliphatic carbocycles. The van der Waals surface area contributed by atoms with Crippen LogP contribution < -0.4 is 5.32 Å². The second-order valence-corrected chi connectivity index (χ2v) is 7.15. The van der Waals surface area contributed by atoms with Gasteiger partial charge in [-0.15, -0.1) is 0 Å². The average molecular weight is 396 g/mol. The van der Waals surface area contributed by atoms with E-state index >= 15 is 0 Å². The number of carbonyl (C=O) groups is 1. The first-order chi connectivity index (χ1) is 13.3. The van der Waals surface area contributed by atoms with Gasteiger partial charge in [-0.3, -0.25) is 9.48 Å². The lowest BCUT2D eigenvalue weighted by Gasteiger charge is -2.10. The molecule has 1 amide bonds. The number of hydrogen-bond acceptors (Lipinski definition) is 5. The van der Waals surface area contributed by atoms with Crippen LogP contribution in [-0.2, 0) is 7.05 Å². The maximum Gasteiger partial charge on any atom is 0.259 e. The van der Waals surface area contributed by atoms with Gasteiger partial charge in [0.05, 0.1) is 28.0 Å². The molecule has 0 atom stereocenters. The number of pyridine rings is 1. The molecule has 0 unspecified atom stereocenters.